The molecule has 2 N–H and O–H groups in total. The molecule has 0 saturated heterocycles. The summed E-state index contributed by atoms with van der Waals surface area (Å²) in [5.41, 5.74) is 0.662. The average molecular weight is 249 g/mol. The summed E-state index contributed by atoms with van der Waals surface area (Å²) in [4.78, 5) is 4.03. The standard InChI is InChI=1S/C9H7NO.HN.Y/c11-8-5-1-3-7-4-2-6-10-9(7)8;;/h1-6,11H;1H;. The second-order valence-electron chi connectivity index (χ2n) is 2.35. The number of fused-ring (bicyclic) bond motifs is 1. The van der Waals surface area contributed by atoms with Crippen molar-refractivity contribution in [3.8, 4) is 5.75 Å². The van der Waals surface area contributed by atoms with Crippen LogP contribution < -0.4 is 0 Å². The van der Waals surface area contributed by atoms with Gasteiger partial charge in [-0.15, -0.1) is 0 Å². The fraction of sp³-hybridized carbons (Fsp3) is 0. The number of rotatable bonds is 0. The predicted molar refractivity (Wildman–Crippen MR) is 46.1 cm³/mol. The van der Waals surface area contributed by atoms with Gasteiger partial charge in [0.05, 0.1) is 0 Å². The second-order valence-corrected chi connectivity index (χ2v) is 2.35. The molecule has 0 aliphatic carbocycles. The van der Waals surface area contributed by atoms with E-state index in [9.17, 15) is 5.11 Å². The van der Waals surface area contributed by atoms with Gasteiger partial charge in [0.1, 0.15) is 11.3 Å². The average Bonchev–Trinajstić information content (AvgIpc) is 2.22. The Bertz CT molecular complexity index is 400. The van der Waals surface area contributed by atoms with E-state index in [1.165, 1.54) is 0 Å². The van der Waals surface area contributed by atoms with Crippen LogP contribution in [-0.2, 0) is 30.8 Å². The number of phenols is 1. The molecule has 0 spiro atoms. The third kappa shape index (κ3) is 2.39. The molecule has 1 heterocycles. The summed E-state index contributed by atoms with van der Waals surface area (Å²) in [7, 11) is 0. The van der Waals surface area contributed by atoms with E-state index in [0.717, 1.165) is 5.39 Å². The van der Waals surface area contributed by atoms with Crippen LogP contribution in [0, 0.1) is 2.47 Å². The molecule has 1 aromatic carbocycles. The van der Waals surface area contributed by atoms with E-state index < -0.39 is 0 Å². The Morgan fingerprint density at radius 1 is 1.15 bits per heavy atom. The predicted octanol–water partition coefficient (Wildman–Crippen LogP) is 2.24. The van der Waals surface area contributed by atoms with Crippen LogP contribution in [-0.4, -0.2) is 10.1 Å². The first-order valence-electron chi connectivity index (χ1n) is 3.69. The minimum atomic E-state index is 0.239. The van der Waals surface area contributed by atoms with E-state index in [0.29, 0.717) is 36.3 Å². The van der Waals surface area contributed by atoms with E-state index in [1.54, 1.807) is 18.3 Å². The second kappa shape index (κ2) is 5.15. The van der Waals surface area contributed by atoms with Gasteiger partial charge in [-0.3, -0.25) is 4.98 Å². The molecule has 0 aliphatic heterocycles. The molecule has 3 nitrogen and oxygen atoms in total. The van der Waals surface area contributed by atoms with Crippen LogP contribution in [0.2, 0.25) is 0 Å². The first-order chi connectivity index (χ1) is 6.38. The van der Waals surface area contributed by atoms with Crippen molar-refractivity contribution in [3.05, 3.63) is 36.5 Å². The fourth-order valence-electron chi connectivity index (χ4n) is 1.09. The van der Waals surface area contributed by atoms with Gasteiger partial charge in [-0.2, -0.15) is 0 Å². The van der Waals surface area contributed by atoms with Crippen LogP contribution in [0.15, 0.2) is 36.5 Å². The van der Waals surface area contributed by atoms with Crippen LogP contribution in [0.4, 0.5) is 0 Å². The van der Waals surface area contributed by atoms with Crippen molar-refractivity contribution in [1.82, 2.24) is 4.98 Å². The summed E-state index contributed by atoms with van der Waals surface area (Å²) in [5, 5.41) is 10.3. The maximum atomic E-state index is 9.31. The molecular weight excluding hydrogens is 241 g/mol. The Morgan fingerprint density at radius 2 is 1.85 bits per heavy atom. The summed E-state index contributed by atoms with van der Waals surface area (Å²) in [5.74, 6) is 0.239. The molecule has 13 heavy (non-hydrogen) atoms. The number of pyridine rings is 1. The maximum absolute atomic E-state index is 9.31. The van der Waals surface area contributed by atoms with E-state index in [4.69, 9.17) is 2.47 Å². The molecule has 0 amide bonds. The van der Waals surface area contributed by atoms with Gasteiger partial charge in [0, 0.05) is 11.6 Å². The van der Waals surface area contributed by atoms with Gasteiger partial charge in [-0.25, -0.2) is 0 Å². The molecule has 0 fully saturated rings. The summed E-state index contributed by atoms with van der Waals surface area (Å²) in [6.45, 7) is 0. The number of aromatic nitrogens is 1. The third-order valence-corrected chi connectivity index (χ3v) is 1.61. The zero-order chi connectivity index (χ0) is 9.68. The van der Waals surface area contributed by atoms with Gasteiger partial charge in [-0.05, 0) is 12.1 Å². The number of hydrogen-bond donors (Lipinski definition) is 2. The van der Waals surface area contributed by atoms with Crippen molar-refractivity contribution in [3.63, 3.8) is 0 Å². The van der Waals surface area contributed by atoms with Crippen LogP contribution >= 0.6 is 0 Å². The molecule has 0 aliphatic rings. The number of para-hydroxylation sites is 1. The summed E-state index contributed by atoms with van der Waals surface area (Å²) in [6, 6.07) is 9.13. The first kappa shape index (κ1) is 10.4. The Balaban J connectivity index is 0.000000396. The summed E-state index contributed by atoms with van der Waals surface area (Å²) >= 11 is 0.600. The van der Waals surface area contributed by atoms with Gasteiger partial charge >= 0.3 is 33.3 Å². The van der Waals surface area contributed by atoms with E-state index in [1.807, 2.05) is 18.2 Å². The number of phenolic OH excluding ortho intramolecular Hbond substituents is 1. The molecule has 0 radical (unpaired) electrons. The monoisotopic (exact) mass is 249 g/mol. The Labute approximate surface area is 96.1 Å². The number of benzene rings is 1. The van der Waals surface area contributed by atoms with Crippen molar-refractivity contribution in [2.75, 3.05) is 0 Å². The number of nitrogens with zero attached hydrogens (tertiary/aromatic N) is 1. The van der Waals surface area contributed by atoms with E-state index in [2.05, 4.69) is 4.98 Å². The van der Waals surface area contributed by atoms with E-state index >= 15 is 0 Å². The van der Waals surface area contributed by atoms with Gasteiger partial charge < -0.3 is 5.11 Å². The van der Waals surface area contributed by atoms with Crippen LogP contribution in [0.25, 0.3) is 10.9 Å². The topological polar surface area (TPSA) is 57.0 Å². The zero-order valence-electron chi connectivity index (χ0n) is 6.94. The molecule has 0 atom stereocenters. The van der Waals surface area contributed by atoms with Crippen molar-refractivity contribution in [2.45, 2.75) is 0 Å². The molecule has 4 heteroatoms. The Kier molecular flexibility index (Phi) is 4.12. The first-order valence-corrected chi connectivity index (χ1v) is 5.11. The van der Waals surface area contributed by atoms with Gasteiger partial charge in [0.2, 0.25) is 0 Å². The van der Waals surface area contributed by atoms with Crippen LogP contribution in [0.5, 0.6) is 5.75 Å². The SMILES string of the molecule is Oc1cccc2cccnc12.[NH]=[Y]. The molecule has 1 aromatic heterocycles. The van der Waals surface area contributed by atoms with Crippen molar-refractivity contribution in [1.29, 1.82) is 2.47 Å². The fourth-order valence-corrected chi connectivity index (χ4v) is 1.09. The molecule has 0 saturated carbocycles. The van der Waals surface area contributed by atoms with Crippen molar-refractivity contribution < 1.29 is 35.9 Å². The number of hydrogen-bond acceptors (Lipinski definition) is 3. The van der Waals surface area contributed by atoms with Gasteiger partial charge in [0.25, 0.3) is 0 Å². The summed E-state index contributed by atoms with van der Waals surface area (Å²) < 4.78 is 5.88. The van der Waals surface area contributed by atoms with Crippen LogP contribution in [0.1, 0.15) is 0 Å². The number of nitrogens with one attached hydrogen (secondary N) is 1. The zero-order valence-corrected chi connectivity index (χ0v) is 9.77. The molecule has 0 unspecified atom stereocenters. The molecule has 63 valence electrons. The molecule has 0 bridgehead atoms. The van der Waals surface area contributed by atoms with Crippen LogP contribution in [0.3, 0.4) is 0 Å². The van der Waals surface area contributed by atoms with Crippen molar-refractivity contribution in [2.24, 2.45) is 0 Å². The Hall–Kier alpha value is -0.666. The minimum absolute atomic E-state index is 0.239. The summed E-state index contributed by atoms with van der Waals surface area (Å²) in [6.07, 6.45) is 1.67. The normalized spacial score (nSPS) is 9.08. The number of aromatic hydroxyl groups is 1. The van der Waals surface area contributed by atoms with Crippen molar-refractivity contribution >= 4 is 10.9 Å². The Morgan fingerprint density at radius 3 is 2.54 bits per heavy atom. The third-order valence-electron chi connectivity index (χ3n) is 1.61. The molecule has 2 aromatic rings. The van der Waals surface area contributed by atoms with Gasteiger partial charge in [0.15, 0.2) is 0 Å². The van der Waals surface area contributed by atoms with E-state index in [-0.39, 0.29) is 5.75 Å². The molecule has 2 rings (SSSR count). The van der Waals surface area contributed by atoms with Gasteiger partial charge in [-0.1, -0.05) is 18.2 Å². The quantitative estimate of drug-likeness (QED) is 0.752. The molecular formula is C9H8N2OY.